The third kappa shape index (κ3) is 4.09. The monoisotopic (exact) mass is 410 g/mol. The molecule has 1 saturated heterocycles. The minimum atomic E-state index is 0. The summed E-state index contributed by atoms with van der Waals surface area (Å²) in [5.41, 5.74) is 2.08. The maximum absolute atomic E-state index is 10.5. The van der Waals surface area contributed by atoms with Crippen LogP contribution in [0.25, 0.3) is 0 Å². The summed E-state index contributed by atoms with van der Waals surface area (Å²) in [4.78, 5) is 2.56. The van der Waals surface area contributed by atoms with E-state index in [1.807, 2.05) is 13.0 Å². The molecule has 6 heteroatoms. The van der Waals surface area contributed by atoms with E-state index in [-0.39, 0.29) is 24.8 Å². The number of nitrogens with one attached hydrogen (secondary N) is 1. The van der Waals surface area contributed by atoms with E-state index >= 15 is 0 Å². The average molecular weight is 412 g/mol. The van der Waals surface area contributed by atoms with Crippen molar-refractivity contribution < 1.29 is 5.11 Å². The summed E-state index contributed by atoms with van der Waals surface area (Å²) in [5, 5.41) is 13.9. The fourth-order valence-electron chi connectivity index (χ4n) is 3.45. The molecule has 2 aliphatic rings. The van der Waals surface area contributed by atoms with Crippen LogP contribution in [0.4, 0.5) is 0 Å². The summed E-state index contributed by atoms with van der Waals surface area (Å²) in [5.74, 6) is 1.19. The average Bonchev–Trinajstić information content (AvgIpc) is 2.39. The van der Waals surface area contributed by atoms with Gasteiger partial charge in [-0.1, -0.05) is 22.4 Å². The third-order valence-corrected chi connectivity index (χ3v) is 5.21. The first-order valence-electron chi connectivity index (χ1n) is 7.60. The van der Waals surface area contributed by atoms with E-state index in [0.717, 1.165) is 41.8 Å². The van der Waals surface area contributed by atoms with Crippen molar-refractivity contribution in [2.75, 3.05) is 26.2 Å². The van der Waals surface area contributed by atoms with Gasteiger partial charge in [0.1, 0.15) is 5.75 Å². The Morgan fingerprint density at radius 1 is 1.23 bits per heavy atom. The van der Waals surface area contributed by atoms with Crippen LogP contribution in [-0.2, 0) is 0 Å². The SMILES string of the molecule is Cc1cc(Br)cc([C@@H](C2CCC2)N2CCNCC2)c1O.Cl.Cl. The number of halogens is 3. The van der Waals surface area contributed by atoms with Crippen molar-refractivity contribution in [3.63, 3.8) is 0 Å². The largest absolute Gasteiger partial charge is 0.507 e. The smallest absolute Gasteiger partial charge is 0.123 e. The van der Waals surface area contributed by atoms with Crippen molar-refractivity contribution in [2.45, 2.75) is 32.2 Å². The van der Waals surface area contributed by atoms with E-state index in [0.29, 0.717) is 17.7 Å². The Bertz CT molecular complexity index is 491. The molecule has 1 aliphatic carbocycles. The van der Waals surface area contributed by atoms with E-state index in [9.17, 15) is 5.11 Å². The van der Waals surface area contributed by atoms with Crippen molar-refractivity contribution in [1.29, 1.82) is 0 Å². The van der Waals surface area contributed by atoms with E-state index in [4.69, 9.17) is 0 Å². The second-order valence-electron chi connectivity index (χ2n) is 6.08. The standard InChI is InChI=1S/C16H23BrN2O.2ClH/c1-11-9-13(17)10-14(16(11)20)15(12-3-2-4-12)19-7-5-18-6-8-19;;/h9-10,12,15,18,20H,2-8H2,1H3;2*1H/t15-;;/m1../s1. The summed E-state index contributed by atoms with van der Waals surface area (Å²) in [6.45, 7) is 6.24. The molecular formula is C16H25BrCl2N2O. The van der Waals surface area contributed by atoms with Crippen LogP contribution >= 0.6 is 40.7 Å². The van der Waals surface area contributed by atoms with Gasteiger partial charge < -0.3 is 10.4 Å². The van der Waals surface area contributed by atoms with Gasteiger partial charge in [-0.2, -0.15) is 0 Å². The lowest BCUT2D eigenvalue weighted by molar-refractivity contribution is 0.0818. The highest BCUT2D eigenvalue weighted by atomic mass is 79.9. The normalized spacial score (nSPS) is 20.5. The number of nitrogens with zero attached hydrogens (tertiary/aromatic N) is 1. The Morgan fingerprint density at radius 2 is 1.86 bits per heavy atom. The van der Waals surface area contributed by atoms with E-state index in [1.54, 1.807) is 0 Å². The molecule has 3 rings (SSSR count). The van der Waals surface area contributed by atoms with Gasteiger partial charge >= 0.3 is 0 Å². The van der Waals surface area contributed by atoms with Gasteiger partial charge in [-0.05, 0) is 43.4 Å². The van der Waals surface area contributed by atoms with Gasteiger partial charge in [0.2, 0.25) is 0 Å². The zero-order valence-corrected chi connectivity index (χ0v) is 16.1. The maximum Gasteiger partial charge on any atom is 0.123 e. The van der Waals surface area contributed by atoms with Crippen LogP contribution in [0, 0.1) is 12.8 Å². The number of hydrogen-bond acceptors (Lipinski definition) is 3. The molecule has 1 aromatic carbocycles. The van der Waals surface area contributed by atoms with Crippen LogP contribution in [0.3, 0.4) is 0 Å². The quantitative estimate of drug-likeness (QED) is 0.787. The molecule has 2 N–H and O–H groups in total. The first kappa shape index (κ1) is 20.0. The van der Waals surface area contributed by atoms with E-state index in [2.05, 4.69) is 32.2 Å². The van der Waals surface area contributed by atoms with Crippen molar-refractivity contribution in [2.24, 2.45) is 5.92 Å². The van der Waals surface area contributed by atoms with Gasteiger partial charge in [0, 0.05) is 42.3 Å². The predicted molar refractivity (Wildman–Crippen MR) is 99.6 cm³/mol. The zero-order chi connectivity index (χ0) is 14.1. The van der Waals surface area contributed by atoms with Crippen LogP contribution < -0.4 is 5.32 Å². The van der Waals surface area contributed by atoms with Crippen LogP contribution in [0.1, 0.15) is 36.4 Å². The lowest BCUT2D eigenvalue weighted by atomic mass is 9.76. The lowest BCUT2D eigenvalue weighted by Crippen LogP contribution is -2.47. The van der Waals surface area contributed by atoms with Gasteiger partial charge in [-0.3, -0.25) is 4.90 Å². The topological polar surface area (TPSA) is 35.5 Å². The second-order valence-corrected chi connectivity index (χ2v) is 7.00. The second kappa shape index (κ2) is 8.74. The first-order valence-corrected chi connectivity index (χ1v) is 8.40. The highest BCUT2D eigenvalue weighted by Gasteiger charge is 2.35. The lowest BCUT2D eigenvalue weighted by Gasteiger charge is -2.43. The van der Waals surface area contributed by atoms with Crippen molar-refractivity contribution >= 4 is 40.7 Å². The summed E-state index contributed by atoms with van der Waals surface area (Å²) in [6, 6.07) is 4.49. The number of piperazine rings is 1. The molecule has 2 fully saturated rings. The molecule has 0 radical (unpaired) electrons. The molecule has 1 aliphatic heterocycles. The van der Waals surface area contributed by atoms with Gasteiger partial charge in [-0.15, -0.1) is 24.8 Å². The van der Waals surface area contributed by atoms with Crippen LogP contribution in [0.15, 0.2) is 16.6 Å². The van der Waals surface area contributed by atoms with Crippen LogP contribution in [0.2, 0.25) is 0 Å². The molecule has 1 heterocycles. The number of rotatable bonds is 3. The Morgan fingerprint density at radius 3 is 2.41 bits per heavy atom. The fourth-order valence-corrected chi connectivity index (χ4v) is 4.04. The first-order chi connectivity index (χ1) is 9.66. The maximum atomic E-state index is 10.5. The van der Waals surface area contributed by atoms with E-state index < -0.39 is 0 Å². The minimum absolute atomic E-state index is 0. The summed E-state index contributed by atoms with van der Waals surface area (Å²) in [7, 11) is 0. The number of aryl methyl sites for hydroxylation is 1. The molecule has 1 saturated carbocycles. The third-order valence-electron chi connectivity index (χ3n) is 4.75. The molecule has 0 bridgehead atoms. The highest BCUT2D eigenvalue weighted by molar-refractivity contribution is 9.10. The Balaban J connectivity index is 0.00000121. The molecule has 0 amide bonds. The van der Waals surface area contributed by atoms with Gasteiger partial charge in [-0.25, -0.2) is 0 Å². The van der Waals surface area contributed by atoms with Crippen molar-refractivity contribution in [1.82, 2.24) is 10.2 Å². The number of phenolic OH excluding ortho intramolecular Hbond substituents is 1. The molecule has 1 aromatic rings. The molecule has 0 unspecified atom stereocenters. The molecule has 0 spiro atoms. The predicted octanol–water partition coefficient (Wildman–Crippen LogP) is 4.05. The number of benzene rings is 1. The fraction of sp³-hybridized carbons (Fsp3) is 0.625. The minimum Gasteiger partial charge on any atom is -0.507 e. The van der Waals surface area contributed by atoms with Crippen molar-refractivity contribution in [3.05, 3.63) is 27.7 Å². The summed E-state index contributed by atoms with van der Waals surface area (Å²) < 4.78 is 1.07. The Labute approximate surface area is 153 Å². The van der Waals surface area contributed by atoms with Crippen molar-refractivity contribution in [3.8, 4) is 5.75 Å². The summed E-state index contributed by atoms with van der Waals surface area (Å²) >= 11 is 3.59. The number of aromatic hydroxyl groups is 1. The number of phenols is 1. The molecule has 0 aromatic heterocycles. The van der Waals surface area contributed by atoms with E-state index in [1.165, 1.54) is 19.3 Å². The molecular weight excluding hydrogens is 387 g/mol. The van der Waals surface area contributed by atoms with Crippen LogP contribution in [0.5, 0.6) is 5.75 Å². The zero-order valence-electron chi connectivity index (χ0n) is 12.8. The number of hydrogen-bond donors (Lipinski definition) is 2. The van der Waals surface area contributed by atoms with Crippen LogP contribution in [-0.4, -0.2) is 36.2 Å². The summed E-state index contributed by atoms with van der Waals surface area (Å²) in [6.07, 6.45) is 3.92. The highest BCUT2D eigenvalue weighted by Crippen LogP contribution is 2.45. The Hall–Kier alpha value is -0.000000000000000111. The molecule has 22 heavy (non-hydrogen) atoms. The van der Waals surface area contributed by atoms with Gasteiger partial charge in [0.05, 0.1) is 0 Å². The molecule has 126 valence electrons. The van der Waals surface area contributed by atoms with Gasteiger partial charge in [0.25, 0.3) is 0 Å². The molecule has 1 atom stereocenters. The van der Waals surface area contributed by atoms with Gasteiger partial charge in [0.15, 0.2) is 0 Å². The Kier molecular flexibility index (Phi) is 7.96. The molecule has 3 nitrogen and oxygen atoms in total.